The van der Waals surface area contributed by atoms with Crippen LogP contribution < -0.4 is 27.0 Å². The first-order valence-electron chi connectivity index (χ1n) is 23.6. The number of aliphatic hydroxyl groups excluding tert-OH is 1. The molecule has 0 bridgehead atoms. The van der Waals surface area contributed by atoms with Gasteiger partial charge in [0.15, 0.2) is 5.78 Å². The van der Waals surface area contributed by atoms with Crippen LogP contribution in [0.15, 0.2) is 59.2 Å². The van der Waals surface area contributed by atoms with Gasteiger partial charge in [-0.25, -0.2) is 14.4 Å². The molecule has 1 aromatic carbocycles. The quantitative estimate of drug-likeness (QED) is 0.0614. The number of fused-ring (bicyclic) bond motifs is 1. The second-order valence-electron chi connectivity index (χ2n) is 19.3. The van der Waals surface area contributed by atoms with Crippen molar-refractivity contribution in [2.45, 2.75) is 116 Å². The zero-order valence-corrected chi connectivity index (χ0v) is 41.1. The van der Waals surface area contributed by atoms with Crippen molar-refractivity contribution in [3.63, 3.8) is 0 Å². The monoisotopic (exact) mass is 976 g/mol. The summed E-state index contributed by atoms with van der Waals surface area (Å²) >= 11 is 0. The van der Waals surface area contributed by atoms with Crippen LogP contribution in [0.5, 0.6) is 0 Å². The molecule has 3 aliphatic carbocycles. The van der Waals surface area contributed by atoms with Crippen LogP contribution in [0.3, 0.4) is 0 Å². The lowest BCUT2D eigenvalue weighted by molar-refractivity contribution is -0.138. The fourth-order valence-electron chi connectivity index (χ4n) is 9.01. The van der Waals surface area contributed by atoms with E-state index in [1.54, 1.807) is 51.1 Å². The van der Waals surface area contributed by atoms with Gasteiger partial charge in [-0.3, -0.25) is 33.7 Å². The third kappa shape index (κ3) is 12.6. The first-order chi connectivity index (χ1) is 33.0. The van der Waals surface area contributed by atoms with E-state index in [1.165, 1.54) is 43.0 Å². The van der Waals surface area contributed by atoms with Gasteiger partial charge in [-0.05, 0) is 82.9 Å². The molecular formula is C49H68N8O13. The summed E-state index contributed by atoms with van der Waals surface area (Å²) in [5.41, 5.74) is 4.26. The number of primary amides is 1. The third-order valence-electron chi connectivity index (χ3n) is 13.7. The van der Waals surface area contributed by atoms with E-state index in [1.807, 2.05) is 6.92 Å². The molecule has 1 fully saturated rings. The minimum absolute atomic E-state index is 0.0574. The summed E-state index contributed by atoms with van der Waals surface area (Å²) in [6, 6.07) is 3.66. The summed E-state index contributed by atoms with van der Waals surface area (Å²) in [5.74, 6) is -3.06. The Bertz CT molecular complexity index is 2290. The largest absolute Gasteiger partial charge is 0.445 e. The Morgan fingerprint density at radius 2 is 1.51 bits per heavy atom. The van der Waals surface area contributed by atoms with Crippen LogP contribution in [0.1, 0.15) is 91.5 Å². The summed E-state index contributed by atoms with van der Waals surface area (Å²) < 4.78 is 11.5. The second-order valence-corrected chi connectivity index (χ2v) is 19.3. The predicted molar refractivity (Wildman–Crippen MR) is 254 cm³/mol. The molecule has 0 saturated heterocycles. The fraction of sp³-hybridized carbons (Fsp3) is 0.571. The van der Waals surface area contributed by atoms with Crippen molar-refractivity contribution < 1.29 is 62.8 Å². The number of urea groups is 1. The molecule has 2 unspecified atom stereocenters. The molecule has 5 rings (SSSR count). The number of hydrogen-bond donors (Lipinski definition) is 7. The van der Waals surface area contributed by atoms with Gasteiger partial charge in [0.1, 0.15) is 30.4 Å². The van der Waals surface area contributed by atoms with E-state index < -0.39 is 77.0 Å². The second kappa shape index (κ2) is 22.9. The molecule has 1 aromatic rings. The Hall–Kier alpha value is -6.61. The van der Waals surface area contributed by atoms with E-state index in [9.17, 15) is 53.4 Å². The predicted octanol–water partition coefficient (Wildman–Crippen LogP) is 2.56. The summed E-state index contributed by atoms with van der Waals surface area (Å²) in [6.07, 6.45) is 4.93. The number of nitrogens with one attached hydrogen (secondary N) is 4. The number of aliphatic hydroxyl groups is 2. The zero-order valence-electron chi connectivity index (χ0n) is 41.1. The first-order valence-corrected chi connectivity index (χ1v) is 23.6. The van der Waals surface area contributed by atoms with E-state index in [-0.39, 0.29) is 81.3 Å². The highest BCUT2D eigenvalue weighted by Crippen LogP contribution is 2.65. The van der Waals surface area contributed by atoms with Crippen molar-refractivity contribution in [1.82, 2.24) is 30.7 Å². The molecule has 1 spiro atoms. The molecule has 21 nitrogen and oxygen atoms in total. The number of ether oxygens (including phenoxy) is 2. The van der Waals surface area contributed by atoms with Crippen molar-refractivity contribution in [2.24, 2.45) is 22.5 Å². The van der Waals surface area contributed by atoms with Crippen molar-refractivity contribution in [3.8, 4) is 0 Å². The summed E-state index contributed by atoms with van der Waals surface area (Å²) in [5, 5.41) is 32.3. The lowest BCUT2D eigenvalue weighted by Gasteiger charge is -2.40. The number of unbranched alkanes of at least 4 members (excludes halogenated alkanes) is 2. The molecule has 382 valence electrons. The summed E-state index contributed by atoms with van der Waals surface area (Å²) in [4.78, 5) is 118. The Balaban J connectivity index is 1.08. The number of ketones is 1. The normalized spacial score (nSPS) is 21.7. The maximum absolute atomic E-state index is 13.6. The molecule has 1 saturated carbocycles. The van der Waals surface area contributed by atoms with Gasteiger partial charge in [0.2, 0.25) is 17.7 Å². The standard InChI is InChI=1S/C49H68N8O13/c1-29(2)39(54-35(59)13-9-8-10-23-57-36(60)18-19-37(57)61)43(64)53-34(12-11-22-51-44(50)65)42(63)52-32-16-14-31(15-17-32)27-69-45(66)55(6)24-25-56(7)46(67)70-41-38-30(3)49(20-21-49)48(5,68)40(62)33(38)26-47(41,4)28-58/h14-19,26,29,34,39,41,58,68H,8-13,20-25,27-28H2,1-7H3,(H,52,63)(H,53,64)(H,54,59)(H3,50,51,65)/t34-,39-,41?,47?,48-/m0/s1. The molecule has 21 heteroatoms. The van der Waals surface area contributed by atoms with Crippen molar-refractivity contribution in [2.75, 3.05) is 52.2 Å². The van der Waals surface area contributed by atoms with Crippen molar-refractivity contribution in [3.05, 3.63) is 64.8 Å². The lowest BCUT2D eigenvalue weighted by atomic mass is 9.67. The number of imide groups is 1. The molecule has 9 amide bonds. The number of nitrogens with two attached hydrogens (primary N) is 1. The minimum Gasteiger partial charge on any atom is -0.445 e. The van der Waals surface area contributed by atoms with E-state index >= 15 is 0 Å². The number of likely N-dealkylation sites (N-methyl/N-ethyl adjacent to an activating group) is 2. The van der Waals surface area contributed by atoms with Gasteiger partial charge in [0.25, 0.3) is 11.8 Å². The van der Waals surface area contributed by atoms with E-state index in [0.29, 0.717) is 48.9 Å². The van der Waals surface area contributed by atoms with Crippen LogP contribution in [-0.2, 0) is 44.8 Å². The number of carbonyl (C=O) groups excluding carboxylic acids is 9. The number of anilines is 1. The topological polar surface area (TPSA) is 296 Å². The molecule has 0 radical (unpaired) electrons. The molecule has 1 aliphatic heterocycles. The Morgan fingerprint density at radius 1 is 0.886 bits per heavy atom. The van der Waals surface area contributed by atoms with Crippen molar-refractivity contribution >= 4 is 59.2 Å². The third-order valence-corrected chi connectivity index (χ3v) is 13.7. The minimum atomic E-state index is -1.60. The van der Waals surface area contributed by atoms with Gasteiger partial charge in [-0.2, -0.15) is 0 Å². The lowest BCUT2D eigenvalue weighted by Crippen LogP contribution is -2.54. The first kappa shape index (κ1) is 54.3. The molecule has 70 heavy (non-hydrogen) atoms. The Labute approximate surface area is 407 Å². The average Bonchev–Trinajstić information content (AvgIpc) is 4.01. The zero-order chi connectivity index (χ0) is 51.7. The van der Waals surface area contributed by atoms with E-state index in [2.05, 4.69) is 21.3 Å². The van der Waals surface area contributed by atoms with Crippen LogP contribution in [0.4, 0.5) is 20.1 Å². The van der Waals surface area contributed by atoms with Gasteiger partial charge in [0, 0.05) is 81.1 Å². The highest BCUT2D eigenvalue weighted by molar-refractivity contribution is 6.13. The molecular weight excluding hydrogens is 909 g/mol. The summed E-state index contributed by atoms with van der Waals surface area (Å²) in [6.45, 7) is 8.52. The smallest absolute Gasteiger partial charge is 0.410 e. The fourth-order valence-corrected chi connectivity index (χ4v) is 9.01. The number of rotatable bonds is 23. The van der Waals surface area contributed by atoms with Gasteiger partial charge >= 0.3 is 18.2 Å². The Morgan fingerprint density at radius 3 is 2.10 bits per heavy atom. The number of benzene rings is 1. The van der Waals surface area contributed by atoms with E-state index in [0.717, 1.165) is 10.5 Å². The molecule has 5 atom stereocenters. The van der Waals surface area contributed by atoms with E-state index in [4.69, 9.17) is 15.2 Å². The van der Waals surface area contributed by atoms with Crippen LogP contribution >= 0.6 is 0 Å². The van der Waals surface area contributed by atoms with Crippen LogP contribution in [0.2, 0.25) is 0 Å². The van der Waals surface area contributed by atoms with Crippen LogP contribution in [0, 0.1) is 16.7 Å². The van der Waals surface area contributed by atoms with Gasteiger partial charge < -0.3 is 56.5 Å². The molecule has 8 N–H and O–H groups in total. The SMILES string of the molecule is CC1=C2C(=CC(C)(CO)C2OC(=O)N(C)CCN(C)C(=O)OCc2ccc(NC(=O)[C@H](CCCNC(N)=O)NC(=O)[C@@H](NC(=O)CCCCCN3C(=O)C=CC3=O)C(C)C)cc2)C(=O)[C@](C)(O)C12CC2. The summed E-state index contributed by atoms with van der Waals surface area (Å²) in [7, 11) is 3.00. The van der Waals surface area contributed by atoms with Crippen molar-refractivity contribution in [1.29, 1.82) is 0 Å². The average molecular weight is 977 g/mol. The maximum atomic E-state index is 13.6. The number of carbonyl (C=O) groups is 9. The number of hydrogen-bond acceptors (Lipinski definition) is 13. The Kier molecular flexibility index (Phi) is 17.8. The number of nitrogens with zero attached hydrogens (tertiary/aromatic N) is 3. The number of amides is 9. The molecule has 0 aromatic heterocycles. The van der Waals surface area contributed by atoms with Gasteiger partial charge in [0.05, 0.1) is 12.0 Å². The molecule has 4 aliphatic rings. The maximum Gasteiger partial charge on any atom is 0.410 e. The highest BCUT2D eigenvalue weighted by atomic mass is 16.6. The molecule has 1 heterocycles. The highest BCUT2D eigenvalue weighted by Gasteiger charge is 2.67. The number of Topliss-reactive ketones (excluding diaryl/α,β-unsaturated/α-hetero) is 1. The van der Waals surface area contributed by atoms with Crippen LogP contribution in [0.25, 0.3) is 0 Å². The van der Waals surface area contributed by atoms with Gasteiger partial charge in [-0.1, -0.05) is 44.1 Å². The van der Waals surface area contributed by atoms with Gasteiger partial charge in [-0.15, -0.1) is 0 Å². The van der Waals surface area contributed by atoms with Crippen LogP contribution in [-0.4, -0.2) is 149 Å².